The van der Waals surface area contributed by atoms with E-state index in [0.29, 0.717) is 4.99 Å². The zero-order valence-electron chi connectivity index (χ0n) is 12.1. The average molecular weight is 356 g/mol. The molecule has 0 spiro atoms. The van der Waals surface area contributed by atoms with Gasteiger partial charge in [-0.1, -0.05) is 18.3 Å². The molecule has 1 aromatic carbocycles. The Labute approximate surface area is 135 Å². The first-order chi connectivity index (χ1) is 9.49. The molecule has 0 bridgehead atoms. The van der Waals surface area contributed by atoms with E-state index < -0.39 is 0 Å². The highest BCUT2D eigenvalue weighted by atomic mass is 79.9. The molecule has 0 atom stereocenters. The van der Waals surface area contributed by atoms with Gasteiger partial charge in [0.25, 0.3) is 0 Å². The fourth-order valence-corrected chi connectivity index (χ4v) is 3.81. The Balaban J connectivity index is 2.11. The molecule has 0 aromatic heterocycles. The van der Waals surface area contributed by atoms with Gasteiger partial charge in [0.05, 0.1) is 0 Å². The van der Waals surface area contributed by atoms with Crippen molar-refractivity contribution >= 4 is 38.8 Å². The largest absolute Gasteiger partial charge is 0.389 e. The molecule has 1 heterocycles. The van der Waals surface area contributed by atoms with Crippen molar-refractivity contribution in [3.8, 4) is 0 Å². The van der Waals surface area contributed by atoms with Crippen molar-refractivity contribution in [3.05, 3.63) is 28.2 Å². The molecule has 110 valence electrons. The molecule has 1 fully saturated rings. The Morgan fingerprint density at radius 2 is 2.05 bits per heavy atom. The summed E-state index contributed by atoms with van der Waals surface area (Å²) in [5, 5.41) is 0. The quantitative estimate of drug-likeness (QED) is 0.841. The summed E-state index contributed by atoms with van der Waals surface area (Å²) in [4.78, 5) is 5.15. The summed E-state index contributed by atoms with van der Waals surface area (Å²) in [6, 6.07) is 6.16. The third-order valence-electron chi connectivity index (χ3n) is 3.82. The summed E-state index contributed by atoms with van der Waals surface area (Å²) in [5.74, 6) is 0.793. The molecule has 0 unspecified atom stereocenters. The number of rotatable bonds is 4. The fraction of sp³-hybridized carbons (Fsp3) is 0.533. The average Bonchev–Trinajstić information content (AvgIpc) is 2.38. The number of thiocarbonyl (C=S) groups is 1. The molecular weight excluding hydrogens is 334 g/mol. The summed E-state index contributed by atoms with van der Waals surface area (Å²) in [6.07, 6.45) is 2.45. The highest BCUT2D eigenvalue weighted by molar-refractivity contribution is 9.10. The van der Waals surface area contributed by atoms with Crippen molar-refractivity contribution in [1.82, 2.24) is 4.90 Å². The molecule has 3 nitrogen and oxygen atoms in total. The fourth-order valence-electron chi connectivity index (χ4n) is 2.89. The van der Waals surface area contributed by atoms with E-state index in [2.05, 4.69) is 45.9 Å². The molecule has 5 heteroatoms. The number of halogens is 1. The van der Waals surface area contributed by atoms with Crippen LogP contribution in [0.3, 0.4) is 0 Å². The van der Waals surface area contributed by atoms with E-state index in [4.69, 9.17) is 18.0 Å². The zero-order valence-corrected chi connectivity index (χ0v) is 14.5. The summed E-state index contributed by atoms with van der Waals surface area (Å²) in [5.41, 5.74) is 8.01. The topological polar surface area (TPSA) is 32.5 Å². The SMILES string of the molecule is CN(C)CC1CCN(c2cccc(Br)c2C(N)=S)CC1. The monoisotopic (exact) mass is 355 g/mol. The van der Waals surface area contributed by atoms with Gasteiger partial charge in [0.2, 0.25) is 0 Å². The first-order valence-electron chi connectivity index (χ1n) is 6.97. The van der Waals surface area contributed by atoms with Gasteiger partial charge in [-0.2, -0.15) is 0 Å². The zero-order chi connectivity index (χ0) is 14.7. The smallest absolute Gasteiger partial charge is 0.107 e. The Kier molecular flexibility index (Phi) is 5.41. The van der Waals surface area contributed by atoms with E-state index in [1.165, 1.54) is 19.4 Å². The van der Waals surface area contributed by atoms with Gasteiger partial charge >= 0.3 is 0 Å². The van der Waals surface area contributed by atoms with Crippen molar-refractivity contribution in [1.29, 1.82) is 0 Å². The standard InChI is InChI=1S/C15H22BrN3S/c1-18(2)10-11-6-8-19(9-7-11)13-5-3-4-12(16)14(13)15(17)20/h3-5,11H,6-10H2,1-2H3,(H2,17,20). The lowest BCUT2D eigenvalue weighted by molar-refractivity contribution is 0.285. The molecule has 2 N–H and O–H groups in total. The maximum atomic E-state index is 5.88. The van der Waals surface area contributed by atoms with Crippen molar-refractivity contribution < 1.29 is 0 Å². The van der Waals surface area contributed by atoms with Crippen LogP contribution in [-0.4, -0.2) is 43.6 Å². The second kappa shape index (κ2) is 6.87. The summed E-state index contributed by atoms with van der Waals surface area (Å²) < 4.78 is 0.984. The minimum absolute atomic E-state index is 0.461. The lowest BCUT2D eigenvalue weighted by atomic mass is 9.95. The Morgan fingerprint density at radius 3 is 2.60 bits per heavy atom. The predicted molar refractivity (Wildman–Crippen MR) is 93.5 cm³/mol. The van der Waals surface area contributed by atoms with Crippen LogP contribution in [0, 0.1) is 5.92 Å². The first-order valence-corrected chi connectivity index (χ1v) is 8.17. The molecule has 0 amide bonds. The van der Waals surface area contributed by atoms with Crippen molar-refractivity contribution in [3.63, 3.8) is 0 Å². The number of hydrogen-bond donors (Lipinski definition) is 1. The van der Waals surface area contributed by atoms with Crippen LogP contribution in [-0.2, 0) is 0 Å². The van der Waals surface area contributed by atoms with Gasteiger partial charge in [0, 0.05) is 35.4 Å². The maximum absolute atomic E-state index is 5.88. The van der Waals surface area contributed by atoms with Crippen LogP contribution in [0.15, 0.2) is 22.7 Å². The van der Waals surface area contributed by atoms with Gasteiger partial charge < -0.3 is 15.5 Å². The highest BCUT2D eigenvalue weighted by Gasteiger charge is 2.22. The van der Waals surface area contributed by atoms with E-state index in [9.17, 15) is 0 Å². The Bertz CT molecular complexity index is 482. The van der Waals surface area contributed by atoms with Crippen LogP contribution >= 0.6 is 28.1 Å². The van der Waals surface area contributed by atoms with E-state index in [0.717, 1.165) is 34.7 Å². The van der Waals surface area contributed by atoms with E-state index >= 15 is 0 Å². The number of benzene rings is 1. The predicted octanol–water partition coefficient (Wildman–Crippen LogP) is 2.86. The second-order valence-electron chi connectivity index (χ2n) is 5.69. The van der Waals surface area contributed by atoms with Crippen molar-refractivity contribution in [2.75, 3.05) is 38.6 Å². The maximum Gasteiger partial charge on any atom is 0.107 e. The van der Waals surface area contributed by atoms with Gasteiger partial charge in [-0.3, -0.25) is 0 Å². The van der Waals surface area contributed by atoms with Gasteiger partial charge in [-0.15, -0.1) is 0 Å². The van der Waals surface area contributed by atoms with Crippen LogP contribution in [0.25, 0.3) is 0 Å². The lowest BCUT2D eigenvalue weighted by Gasteiger charge is -2.35. The molecule has 1 saturated heterocycles. The molecular formula is C15H22BrN3S. The van der Waals surface area contributed by atoms with Crippen molar-refractivity contribution in [2.24, 2.45) is 11.7 Å². The molecule has 1 aliphatic rings. The van der Waals surface area contributed by atoms with E-state index in [1.54, 1.807) is 0 Å². The summed E-state index contributed by atoms with van der Waals surface area (Å²) in [6.45, 7) is 3.32. The van der Waals surface area contributed by atoms with Crippen LogP contribution in [0.2, 0.25) is 0 Å². The molecule has 0 saturated carbocycles. The second-order valence-corrected chi connectivity index (χ2v) is 6.99. The number of nitrogens with two attached hydrogens (primary N) is 1. The molecule has 1 aliphatic heterocycles. The van der Waals surface area contributed by atoms with Gasteiger partial charge in [0.15, 0.2) is 0 Å². The molecule has 20 heavy (non-hydrogen) atoms. The third kappa shape index (κ3) is 3.71. The number of anilines is 1. The summed E-state index contributed by atoms with van der Waals surface area (Å²) >= 11 is 8.76. The Morgan fingerprint density at radius 1 is 1.40 bits per heavy atom. The number of piperidine rings is 1. The van der Waals surface area contributed by atoms with Gasteiger partial charge in [0.1, 0.15) is 4.99 Å². The minimum atomic E-state index is 0.461. The van der Waals surface area contributed by atoms with E-state index in [1.807, 2.05) is 12.1 Å². The molecule has 0 radical (unpaired) electrons. The van der Waals surface area contributed by atoms with Crippen LogP contribution in [0.5, 0.6) is 0 Å². The Hall–Kier alpha value is -0.650. The first kappa shape index (κ1) is 15.7. The third-order valence-corrected chi connectivity index (χ3v) is 4.68. The van der Waals surface area contributed by atoms with Crippen molar-refractivity contribution in [2.45, 2.75) is 12.8 Å². The normalized spacial score (nSPS) is 16.7. The van der Waals surface area contributed by atoms with E-state index in [-0.39, 0.29) is 0 Å². The van der Waals surface area contributed by atoms with Crippen LogP contribution in [0.1, 0.15) is 18.4 Å². The van der Waals surface area contributed by atoms with Gasteiger partial charge in [-0.25, -0.2) is 0 Å². The summed E-state index contributed by atoms with van der Waals surface area (Å²) in [7, 11) is 4.29. The minimum Gasteiger partial charge on any atom is -0.389 e. The van der Waals surface area contributed by atoms with Gasteiger partial charge in [-0.05, 0) is 60.9 Å². The molecule has 2 rings (SSSR count). The lowest BCUT2D eigenvalue weighted by Crippen LogP contribution is -2.38. The van der Waals surface area contributed by atoms with Crippen LogP contribution in [0.4, 0.5) is 5.69 Å². The number of nitrogens with zero attached hydrogens (tertiary/aromatic N) is 2. The molecule has 1 aromatic rings. The number of hydrogen-bond acceptors (Lipinski definition) is 3. The highest BCUT2D eigenvalue weighted by Crippen LogP contribution is 2.31. The van der Waals surface area contributed by atoms with Crippen LogP contribution < -0.4 is 10.6 Å². The molecule has 0 aliphatic carbocycles.